The number of amides is 3. The van der Waals surface area contributed by atoms with Gasteiger partial charge in [0, 0.05) is 50.9 Å². The summed E-state index contributed by atoms with van der Waals surface area (Å²) in [5, 5.41) is 12.9. The molecule has 0 bridgehead atoms. The van der Waals surface area contributed by atoms with Crippen molar-refractivity contribution in [2.45, 2.75) is 52.2 Å². The van der Waals surface area contributed by atoms with Gasteiger partial charge in [0.1, 0.15) is 17.6 Å². The number of aromatic nitrogens is 2. The van der Waals surface area contributed by atoms with E-state index < -0.39 is 37.6 Å². The number of carbonyl (C=O) groups is 3. The lowest BCUT2D eigenvalue weighted by atomic mass is 10.2. The lowest BCUT2D eigenvalue weighted by Crippen LogP contribution is -2.57. The summed E-state index contributed by atoms with van der Waals surface area (Å²) in [7, 11) is -3.78. The summed E-state index contributed by atoms with van der Waals surface area (Å²) >= 11 is 0. The average Bonchev–Trinajstić information content (AvgIpc) is 3.50. The first-order chi connectivity index (χ1) is 22.2. The topological polar surface area (TPSA) is 164 Å². The van der Waals surface area contributed by atoms with Crippen LogP contribution in [0, 0.1) is 0 Å². The highest BCUT2D eigenvalue weighted by atomic mass is 31.2. The standard InChI is InChI=1S/C31H45N6O8P/c1-4-7-19-43-31(41)36-17-15-35(16-18-36)30(40)26(22-46(42,44-5-2)45-6-3)33-29(39)25-20-27(37-14-13-24(38)21-37)34-28(32-25)23-11-9-8-10-12-23/h8-12,20,24,26,38H,4-7,13-19,21-22H2,1-3H3,(H,33,39)/t24-,26?/m1/s1. The predicted octanol–water partition coefficient (Wildman–Crippen LogP) is 3.16. The van der Waals surface area contributed by atoms with Crippen molar-refractivity contribution in [1.82, 2.24) is 25.1 Å². The molecule has 0 aliphatic carbocycles. The van der Waals surface area contributed by atoms with E-state index in [0.717, 1.165) is 12.8 Å². The molecule has 46 heavy (non-hydrogen) atoms. The van der Waals surface area contributed by atoms with Crippen molar-refractivity contribution < 1.29 is 37.8 Å². The highest BCUT2D eigenvalue weighted by molar-refractivity contribution is 7.54. The van der Waals surface area contributed by atoms with E-state index in [2.05, 4.69) is 15.3 Å². The zero-order chi connectivity index (χ0) is 33.1. The van der Waals surface area contributed by atoms with Crippen LogP contribution < -0.4 is 10.2 Å². The Bertz CT molecular complexity index is 1360. The zero-order valence-corrected chi connectivity index (χ0v) is 27.7. The van der Waals surface area contributed by atoms with Crippen LogP contribution in [0.3, 0.4) is 0 Å². The van der Waals surface area contributed by atoms with E-state index >= 15 is 0 Å². The number of piperazine rings is 1. The molecule has 2 aliphatic rings. The quantitative estimate of drug-likeness (QED) is 0.226. The van der Waals surface area contributed by atoms with E-state index in [0.29, 0.717) is 43.3 Å². The largest absolute Gasteiger partial charge is 0.449 e. The summed E-state index contributed by atoms with van der Waals surface area (Å²) < 4.78 is 29.9. The number of β-amino-alcohol motifs (C(OH)–C–C–N with tert-alkyl or cyclic N) is 1. The Morgan fingerprint density at radius 3 is 2.28 bits per heavy atom. The number of benzene rings is 1. The Balaban J connectivity index is 1.58. The molecule has 0 radical (unpaired) electrons. The Kier molecular flexibility index (Phi) is 12.9. The number of rotatable bonds is 14. The zero-order valence-electron chi connectivity index (χ0n) is 26.8. The van der Waals surface area contributed by atoms with Crippen LogP contribution in [-0.4, -0.2) is 120 Å². The van der Waals surface area contributed by atoms with E-state index in [-0.39, 0.29) is 51.2 Å². The molecule has 3 heterocycles. The van der Waals surface area contributed by atoms with Crippen LogP contribution in [0.25, 0.3) is 11.4 Å². The number of aliphatic hydroxyl groups excluding tert-OH is 1. The van der Waals surface area contributed by atoms with Gasteiger partial charge in [-0.1, -0.05) is 43.7 Å². The Morgan fingerprint density at radius 1 is 1.00 bits per heavy atom. The molecular formula is C31H45N6O8P. The van der Waals surface area contributed by atoms with Crippen molar-refractivity contribution in [3.8, 4) is 11.4 Å². The number of nitrogens with zero attached hydrogens (tertiary/aromatic N) is 5. The minimum atomic E-state index is -3.78. The molecule has 2 fully saturated rings. The van der Waals surface area contributed by atoms with Crippen LogP contribution in [0.15, 0.2) is 36.4 Å². The van der Waals surface area contributed by atoms with Crippen molar-refractivity contribution in [3.05, 3.63) is 42.1 Å². The third-order valence-corrected chi connectivity index (χ3v) is 9.81. The van der Waals surface area contributed by atoms with Gasteiger partial charge in [0.25, 0.3) is 5.91 Å². The third-order valence-electron chi connectivity index (χ3n) is 7.70. The van der Waals surface area contributed by atoms with Gasteiger partial charge in [-0.3, -0.25) is 14.2 Å². The average molecular weight is 661 g/mol. The fraction of sp³-hybridized carbons (Fsp3) is 0.581. The maximum absolute atomic E-state index is 13.9. The summed E-state index contributed by atoms with van der Waals surface area (Å²) in [4.78, 5) is 54.3. The molecule has 3 amide bonds. The minimum absolute atomic E-state index is 0.00494. The molecule has 0 spiro atoms. The van der Waals surface area contributed by atoms with Gasteiger partial charge >= 0.3 is 13.7 Å². The smallest absolute Gasteiger partial charge is 0.409 e. The van der Waals surface area contributed by atoms with Gasteiger partial charge in [-0.2, -0.15) is 0 Å². The van der Waals surface area contributed by atoms with Crippen molar-refractivity contribution in [2.75, 3.05) is 70.2 Å². The second-order valence-corrected chi connectivity index (χ2v) is 13.2. The van der Waals surface area contributed by atoms with Gasteiger partial charge in [-0.25, -0.2) is 14.8 Å². The lowest BCUT2D eigenvalue weighted by molar-refractivity contribution is -0.134. The number of hydrogen-bond donors (Lipinski definition) is 2. The minimum Gasteiger partial charge on any atom is -0.449 e. The van der Waals surface area contributed by atoms with Crippen LogP contribution >= 0.6 is 7.60 Å². The van der Waals surface area contributed by atoms with Gasteiger partial charge in [-0.05, 0) is 26.7 Å². The normalized spacial score (nSPS) is 17.6. The number of anilines is 1. The number of nitrogens with one attached hydrogen (secondary N) is 1. The number of hydrogen-bond acceptors (Lipinski definition) is 11. The molecule has 0 saturated carbocycles. The van der Waals surface area contributed by atoms with E-state index in [1.165, 1.54) is 11.0 Å². The number of aliphatic hydroxyl groups is 1. The molecule has 252 valence electrons. The monoisotopic (exact) mass is 660 g/mol. The van der Waals surface area contributed by atoms with Gasteiger partial charge < -0.3 is 38.9 Å². The summed E-state index contributed by atoms with van der Waals surface area (Å²) in [6, 6.07) is 9.43. The number of ether oxygens (including phenoxy) is 1. The molecule has 2 N–H and O–H groups in total. The van der Waals surface area contributed by atoms with Crippen molar-refractivity contribution in [2.24, 2.45) is 0 Å². The van der Waals surface area contributed by atoms with Gasteiger partial charge in [-0.15, -0.1) is 0 Å². The van der Waals surface area contributed by atoms with E-state index in [1.54, 1.807) is 18.7 Å². The van der Waals surface area contributed by atoms with E-state index in [4.69, 9.17) is 13.8 Å². The van der Waals surface area contributed by atoms with E-state index in [1.807, 2.05) is 42.2 Å². The second-order valence-electron chi connectivity index (χ2n) is 11.1. The number of carbonyl (C=O) groups excluding carboxylic acids is 3. The number of unbranched alkanes of at least 4 members (excludes halogenated alkanes) is 1. The maximum atomic E-state index is 13.9. The summed E-state index contributed by atoms with van der Waals surface area (Å²) in [5.41, 5.74) is 0.694. The predicted molar refractivity (Wildman–Crippen MR) is 172 cm³/mol. The van der Waals surface area contributed by atoms with Gasteiger partial charge in [0.15, 0.2) is 5.82 Å². The van der Waals surface area contributed by atoms with Crippen molar-refractivity contribution in [1.29, 1.82) is 0 Å². The van der Waals surface area contributed by atoms with Crippen molar-refractivity contribution in [3.63, 3.8) is 0 Å². The van der Waals surface area contributed by atoms with Gasteiger partial charge in [0.2, 0.25) is 5.91 Å². The van der Waals surface area contributed by atoms with Crippen LogP contribution in [0.4, 0.5) is 10.6 Å². The molecule has 4 rings (SSSR count). The Hall–Kier alpha value is -3.58. The van der Waals surface area contributed by atoms with Crippen LogP contribution in [0.2, 0.25) is 0 Å². The Morgan fingerprint density at radius 2 is 1.67 bits per heavy atom. The molecule has 2 atom stereocenters. The summed E-state index contributed by atoms with van der Waals surface area (Å²) in [6.45, 7) is 7.68. The molecule has 15 heteroatoms. The molecule has 1 aromatic heterocycles. The van der Waals surface area contributed by atoms with Gasteiger partial charge in [0.05, 0.1) is 32.1 Å². The van der Waals surface area contributed by atoms with Crippen LogP contribution in [-0.2, 0) is 23.1 Å². The fourth-order valence-electron chi connectivity index (χ4n) is 5.28. The third kappa shape index (κ3) is 9.47. The summed E-state index contributed by atoms with van der Waals surface area (Å²) in [6.07, 6.45) is 0.908. The summed E-state index contributed by atoms with van der Waals surface area (Å²) in [5.74, 6) is -0.373. The molecule has 1 unspecified atom stereocenters. The first-order valence-corrected chi connectivity index (χ1v) is 17.7. The molecule has 2 aromatic rings. The fourth-order valence-corrected chi connectivity index (χ4v) is 7.05. The maximum Gasteiger partial charge on any atom is 0.409 e. The first kappa shape index (κ1) is 35.3. The van der Waals surface area contributed by atoms with Crippen molar-refractivity contribution >= 4 is 31.3 Å². The highest BCUT2D eigenvalue weighted by Gasteiger charge is 2.38. The Labute approximate surface area is 269 Å². The SMILES string of the molecule is CCCCOC(=O)N1CCN(C(=O)C(CP(=O)(OCC)OCC)NC(=O)c2cc(N3CC[C@@H](O)C3)nc(-c3ccccc3)n2)CC1. The van der Waals surface area contributed by atoms with E-state index in [9.17, 15) is 24.1 Å². The molecular weight excluding hydrogens is 615 g/mol. The highest BCUT2D eigenvalue weighted by Crippen LogP contribution is 2.48. The lowest BCUT2D eigenvalue weighted by Gasteiger charge is -2.36. The molecule has 2 aliphatic heterocycles. The molecule has 1 aromatic carbocycles. The van der Waals surface area contributed by atoms with Crippen LogP contribution in [0.5, 0.6) is 0 Å². The van der Waals surface area contributed by atoms with Crippen LogP contribution in [0.1, 0.15) is 50.5 Å². The second kappa shape index (κ2) is 16.8. The first-order valence-electron chi connectivity index (χ1n) is 15.9. The molecule has 14 nitrogen and oxygen atoms in total. The molecule has 2 saturated heterocycles.